The van der Waals surface area contributed by atoms with E-state index < -0.39 is 0 Å². The first-order valence-electron chi connectivity index (χ1n) is 6.98. The molecule has 6 heteroatoms. The second-order valence-electron chi connectivity index (χ2n) is 5.15. The third-order valence-electron chi connectivity index (χ3n) is 2.87. The Bertz CT molecular complexity index is 449. The van der Waals surface area contributed by atoms with Crippen LogP contribution in [0.25, 0.3) is 0 Å². The summed E-state index contributed by atoms with van der Waals surface area (Å²) in [6.07, 6.45) is 2.17. The fourth-order valence-electron chi connectivity index (χ4n) is 1.78. The van der Waals surface area contributed by atoms with Crippen LogP contribution in [0.2, 0.25) is 0 Å². The number of aliphatic imine (C=N–C) groups is 1. The van der Waals surface area contributed by atoms with Gasteiger partial charge < -0.3 is 16.0 Å². The molecule has 1 rings (SSSR count). The molecule has 0 aliphatic carbocycles. The summed E-state index contributed by atoms with van der Waals surface area (Å²) in [5, 5.41) is 3.03. The van der Waals surface area contributed by atoms with E-state index >= 15 is 0 Å². The molecule has 0 saturated heterocycles. The maximum atomic E-state index is 13.9. The quantitative estimate of drug-likeness (QED) is 0.316. The monoisotopic (exact) mass is 408 g/mol. The normalized spacial score (nSPS) is 11.4. The van der Waals surface area contributed by atoms with Crippen LogP contribution in [0.1, 0.15) is 30.9 Å². The summed E-state index contributed by atoms with van der Waals surface area (Å²) in [6, 6.07) is 5.23. The van der Waals surface area contributed by atoms with Crippen molar-refractivity contribution in [3.8, 4) is 0 Å². The molecule has 0 aliphatic heterocycles. The van der Waals surface area contributed by atoms with Crippen molar-refractivity contribution in [3.63, 3.8) is 0 Å². The van der Waals surface area contributed by atoms with Crippen LogP contribution in [0.15, 0.2) is 23.2 Å². The zero-order chi connectivity index (χ0) is 15.0. The van der Waals surface area contributed by atoms with E-state index in [0.29, 0.717) is 24.6 Å². The summed E-state index contributed by atoms with van der Waals surface area (Å²) in [6.45, 7) is 3.93. The van der Waals surface area contributed by atoms with Crippen molar-refractivity contribution in [2.75, 3.05) is 20.6 Å². The highest BCUT2D eigenvalue weighted by Crippen LogP contribution is 2.12. The van der Waals surface area contributed by atoms with Gasteiger partial charge in [0.15, 0.2) is 5.96 Å². The lowest BCUT2D eigenvalue weighted by molar-refractivity contribution is 0.392. The number of rotatable bonds is 7. The molecular formula is C15H26FIN4. The zero-order valence-corrected chi connectivity index (χ0v) is 15.4. The van der Waals surface area contributed by atoms with Gasteiger partial charge in [0.25, 0.3) is 0 Å². The van der Waals surface area contributed by atoms with Crippen LogP contribution >= 0.6 is 24.0 Å². The minimum absolute atomic E-state index is 0. The molecule has 0 unspecified atom stereocenters. The standard InChI is InChI=1S/C15H25FN4.HI/c1-4-5-8-18-15(17)19-10-12-6-7-13(11-20(2)3)14(16)9-12;/h6-7,9H,4-5,8,10-11H2,1-3H3,(H3,17,18,19);1H. The predicted octanol–water partition coefficient (Wildman–Crippen LogP) is 2.71. The second kappa shape index (κ2) is 10.8. The minimum atomic E-state index is -0.191. The van der Waals surface area contributed by atoms with E-state index in [1.807, 2.05) is 25.1 Å². The van der Waals surface area contributed by atoms with Crippen molar-refractivity contribution in [3.05, 3.63) is 35.1 Å². The number of nitrogens with zero attached hydrogens (tertiary/aromatic N) is 2. The molecule has 0 atom stereocenters. The molecule has 0 bridgehead atoms. The molecular weight excluding hydrogens is 382 g/mol. The van der Waals surface area contributed by atoms with E-state index in [0.717, 1.165) is 24.9 Å². The van der Waals surface area contributed by atoms with E-state index in [4.69, 9.17) is 5.73 Å². The average Bonchev–Trinajstić information content (AvgIpc) is 2.39. The van der Waals surface area contributed by atoms with E-state index in [1.54, 1.807) is 6.07 Å². The van der Waals surface area contributed by atoms with Gasteiger partial charge >= 0.3 is 0 Å². The first kappa shape index (κ1) is 20.1. The minimum Gasteiger partial charge on any atom is -0.370 e. The van der Waals surface area contributed by atoms with Gasteiger partial charge in [0, 0.05) is 18.7 Å². The third kappa shape index (κ3) is 8.21. The van der Waals surface area contributed by atoms with Crippen LogP contribution in [0.5, 0.6) is 0 Å². The van der Waals surface area contributed by atoms with Gasteiger partial charge in [0.1, 0.15) is 5.82 Å². The Labute approximate surface area is 144 Å². The molecule has 1 aromatic rings. The van der Waals surface area contributed by atoms with Crippen LogP contribution in [-0.2, 0) is 13.1 Å². The first-order valence-corrected chi connectivity index (χ1v) is 6.98. The number of guanidine groups is 1. The predicted molar refractivity (Wildman–Crippen MR) is 97.4 cm³/mol. The van der Waals surface area contributed by atoms with Gasteiger partial charge in [-0.15, -0.1) is 24.0 Å². The summed E-state index contributed by atoms with van der Waals surface area (Å²) in [5.74, 6) is 0.222. The van der Waals surface area contributed by atoms with Gasteiger partial charge in [-0.2, -0.15) is 0 Å². The Morgan fingerprint density at radius 1 is 1.38 bits per heavy atom. The summed E-state index contributed by atoms with van der Waals surface area (Å²) in [7, 11) is 3.83. The lowest BCUT2D eigenvalue weighted by Crippen LogP contribution is -2.32. The Hall–Kier alpha value is -0.890. The Balaban J connectivity index is 0.00000400. The topological polar surface area (TPSA) is 53.6 Å². The third-order valence-corrected chi connectivity index (χ3v) is 2.87. The van der Waals surface area contributed by atoms with Gasteiger partial charge in [0.2, 0.25) is 0 Å². The number of halogens is 2. The van der Waals surface area contributed by atoms with Crippen LogP contribution in [0.3, 0.4) is 0 Å². The Morgan fingerprint density at radius 3 is 2.67 bits per heavy atom. The van der Waals surface area contributed by atoms with Crippen molar-refractivity contribution in [2.45, 2.75) is 32.9 Å². The SMILES string of the molecule is CCCCNC(N)=NCc1ccc(CN(C)C)c(F)c1.I. The number of hydrogen-bond acceptors (Lipinski definition) is 2. The summed E-state index contributed by atoms with van der Waals surface area (Å²) in [4.78, 5) is 6.14. The highest BCUT2D eigenvalue weighted by atomic mass is 127. The largest absolute Gasteiger partial charge is 0.370 e. The average molecular weight is 408 g/mol. The molecule has 120 valence electrons. The van der Waals surface area contributed by atoms with Crippen molar-refractivity contribution >= 4 is 29.9 Å². The number of nitrogens with one attached hydrogen (secondary N) is 1. The van der Waals surface area contributed by atoms with Gasteiger partial charge in [-0.05, 0) is 32.1 Å². The van der Waals surface area contributed by atoms with Crippen molar-refractivity contribution in [1.29, 1.82) is 0 Å². The summed E-state index contributed by atoms with van der Waals surface area (Å²) >= 11 is 0. The molecule has 1 aromatic carbocycles. The van der Waals surface area contributed by atoms with E-state index in [9.17, 15) is 4.39 Å². The van der Waals surface area contributed by atoms with E-state index in [2.05, 4.69) is 17.2 Å². The molecule has 0 aromatic heterocycles. The van der Waals surface area contributed by atoms with Gasteiger partial charge in [-0.25, -0.2) is 9.38 Å². The van der Waals surface area contributed by atoms with E-state index in [1.165, 1.54) is 6.07 Å². The maximum absolute atomic E-state index is 13.9. The van der Waals surface area contributed by atoms with Gasteiger partial charge in [-0.1, -0.05) is 25.5 Å². The number of nitrogens with two attached hydrogens (primary N) is 1. The number of hydrogen-bond donors (Lipinski definition) is 2. The smallest absolute Gasteiger partial charge is 0.188 e. The molecule has 0 heterocycles. The van der Waals surface area contributed by atoms with E-state index in [-0.39, 0.29) is 29.8 Å². The molecule has 0 saturated carbocycles. The lowest BCUT2D eigenvalue weighted by Gasteiger charge is -2.11. The Morgan fingerprint density at radius 2 is 2.10 bits per heavy atom. The van der Waals surface area contributed by atoms with Crippen LogP contribution in [0.4, 0.5) is 4.39 Å². The molecule has 21 heavy (non-hydrogen) atoms. The highest BCUT2D eigenvalue weighted by Gasteiger charge is 2.04. The van der Waals surface area contributed by atoms with Crippen molar-refractivity contribution < 1.29 is 4.39 Å². The molecule has 3 N–H and O–H groups in total. The van der Waals surface area contributed by atoms with Crippen LogP contribution in [0, 0.1) is 5.82 Å². The molecule has 0 radical (unpaired) electrons. The van der Waals surface area contributed by atoms with Gasteiger partial charge in [-0.3, -0.25) is 0 Å². The summed E-state index contributed by atoms with van der Waals surface area (Å²) in [5.41, 5.74) is 7.25. The summed E-state index contributed by atoms with van der Waals surface area (Å²) < 4.78 is 13.9. The Kier molecular flexibility index (Phi) is 10.3. The maximum Gasteiger partial charge on any atom is 0.188 e. The second-order valence-corrected chi connectivity index (χ2v) is 5.15. The fourth-order valence-corrected chi connectivity index (χ4v) is 1.78. The first-order chi connectivity index (χ1) is 9.52. The van der Waals surface area contributed by atoms with Crippen LogP contribution in [-0.4, -0.2) is 31.5 Å². The molecule has 4 nitrogen and oxygen atoms in total. The molecule has 0 spiro atoms. The molecule has 0 fully saturated rings. The van der Waals surface area contributed by atoms with Crippen LogP contribution < -0.4 is 11.1 Å². The molecule has 0 amide bonds. The number of benzene rings is 1. The molecule has 0 aliphatic rings. The van der Waals surface area contributed by atoms with Crippen molar-refractivity contribution in [1.82, 2.24) is 10.2 Å². The lowest BCUT2D eigenvalue weighted by atomic mass is 10.1. The van der Waals surface area contributed by atoms with Gasteiger partial charge in [0.05, 0.1) is 6.54 Å². The van der Waals surface area contributed by atoms with Crippen molar-refractivity contribution in [2.24, 2.45) is 10.7 Å². The highest BCUT2D eigenvalue weighted by molar-refractivity contribution is 14.0. The fraction of sp³-hybridized carbons (Fsp3) is 0.533. The zero-order valence-electron chi connectivity index (χ0n) is 13.0. The number of unbranched alkanes of at least 4 members (excludes halogenated alkanes) is 1.